The Bertz CT molecular complexity index is 246. The lowest BCUT2D eigenvalue weighted by atomic mass is 10.4. The SMILES string of the molecule is CCN(CC)c1ncccc1F. The highest BCUT2D eigenvalue weighted by molar-refractivity contribution is 5.38. The number of halogens is 1. The van der Waals surface area contributed by atoms with Crippen LogP contribution < -0.4 is 4.90 Å². The van der Waals surface area contributed by atoms with Crippen LogP contribution in [0.1, 0.15) is 13.8 Å². The number of pyridine rings is 1. The molecule has 1 rings (SSSR count). The van der Waals surface area contributed by atoms with E-state index in [4.69, 9.17) is 0 Å². The van der Waals surface area contributed by atoms with Crippen molar-refractivity contribution in [3.05, 3.63) is 24.1 Å². The summed E-state index contributed by atoms with van der Waals surface area (Å²) in [5.41, 5.74) is 0. The van der Waals surface area contributed by atoms with Crippen molar-refractivity contribution in [2.75, 3.05) is 18.0 Å². The molecule has 1 aromatic heterocycles. The minimum Gasteiger partial charge on any atom is -0.355 e. The molecule has 1 heterocycles. The van der Waals surface area contributed by atoms with Gasteiger partial charge in [-0.2, -0.15) is 0 Å². The molecule has 2 nitrogen and oxygen atoms in total. The fraction of sp³-hybridized carbons (Fsp3) is 0.444. The largest absolute Gasteiger partial charge is 0.355 e. The molecule has 0 unspecified atom stereocenters. The second kappa shape index (κ2) is 4.04. The summed E-state index contributed by atoms with van der Waals surface area (Å²) in [7, 11) is 0. The minimum atomic E-state index is -0.249. The molecule has 1 aromatic rings. The van der Waals surface area contributed by atoms with E-state index in [1.54, 1.807) is 12.3 Å². The molecule has 0 bridgehead atoms. The molecule has 0 aliphatic heterocycles. The van der Waals surface area contributed by atoms with Crippen molar-refractivity contribution in [2.24, 2.45) is 0 Å². The van der Waals surface area contributed by atoms with Gasteiger partial charge in [-0.25, -0.2) is 9.37 Å². The normalized spacial score (nSPS) is 9.92. The predicted molar refractivity (Wildman–Crippen MR) is 47.8 cm³/mol. The molecule has 0 aromatic carbocycles. The molecular formula is C9H13FN2. The molecule has 12 heavy (non-hydrogen) atoms. The fourth-order valence-corrected chi connectivity index (χ4v) is 1.13. The van der Waals surface area contributed by atoms with Gasteiger partial charge in [0.15, 0.2) is 11.6 Å². The Morgan fingerprint density at radius 2 is 2.08 bits per heavy atom. The molecular weight excluding hydrogens is 155 g/mol. The van der Waals surface area contributed by atoms with Gasteiger partial charge in [0.2, 0.25) is 0 Å². The molecule has 0 aliphatic rings. The van der Waals surface area contributed by atoms with Crippen LogP contribution in [0.4, 0.5) is 10.2 Å². The van der Waals surface area contributed by atoms with Crippen LogP contribution in [-0.4, -0.2) is 18.1 Å². The van der Waals surface area contributed by atoms with Gasteiger partial charge in [-0.3, -0.25) is 0 Å². The van der Waals surface area contributed by atoms with Gasteiger partial charge in [0, 0.05) is 19.3 Å². The van der Waals surface area contributed by atoms with E-state index in [0.29, 0.717) is 5.82 Å². The number of anilines is 1. The van der Waals surface area contributed by atoms with Crippen molar-refractivity contribution < 1.29 is 4.39 Å². The van der Waals surface area contributed by atoms with Crippen molar-refractivity contribution in [2.45, 2.75) is 13.8 Å². The maximum Gasteiger partial charge on any atom is 0.165 e. The van der Waals surface area contributed by atoms with Crippen LogP contribution in [0.25, 0.3) is 0 Å². The molecule has 0 amide bonds. The van der Waals surface area contributed by atoms with Gasteiger partial charge < -0.3 is 4.90 Å². The molecule has 0 saturated heterocycles. The zero-order chi connectivity index (χ0) is 8.97. The van der Waals surface area contributed by atoms with Crippen LogP contribution in [0.2, 0.25) is 0 Å². The summed E-state index contributed by atoms with van der Waals surface area (Å²) < 4.78 is 13.1. The first-order valence-electron chi connectivity index (χ1n) is 4.15. The fourth-order valence-electron chi connectivity index (χ4n) is 1.13. The maximum atomic E-state index is 13.1. The smallest absolute Gasteiger partial charge is 0.165 e. The Labute approximate surface area is 72.0 Å². The van der Waals surface area contributed by atoms with Crippen LogP contribution in [0.3, 0.4) is 0 Å². The highest BCUT2D eigenvalue weighted by Crippen LogP contribution is 2.13. The third-order valence-corrected chi connectivity index (χ3v) is 1.80. The number of hydrogen-bond acceptors (Lipinski definition) is 2. The first kappa shape index (κ1) is 8.97. The molecule has 66 valence electrons. The third kappa shape index (κ3) is 1.72. The van der Waals surface area contributed by atoms with E-state index in [1.807, 2.05) is 18.7 Å². The standard InChI is InChI=1S/C9H13FN2/c1-3-12(4-2)9-8(10)6-5-7-11-9/h5-7H,3-4H2,1-2H3. The highest BCUT2D eigenvalue weighted by Gasteiger charge is 2.07. The van der Waals surface area contributed by atoms with E-state index in [0.717, 1.165) is 13.1 Å². The zero-order valence-electron chi connectivity index (χ0n) is 7.42. The van der Waals surface area contributed by atoms with Crippen LogP contribution >= 0.6 is 0 Å². The molecule has 0 spiro atoms. The minimum absolute atomic E-state index is 0.249. The summed E-state index contributed by atoms with van der Waals surface area (Å²) in [6.45, 7) is 5.53. The van der Waals surface area contributed by atoms with Gasteiger partial charge >= 0.3 is 0 Å². The van der Waals surface area contributed by atoms with Crippen molar-refractivity contribution in [3.8, 4) is 0 Å². The highest BCUT2D eigenvalue weighted by atomic mass is 19.1. The van der Waals surface area contributed by atoms with E-state index in [2.05, 4.69) is 4.98 Å². The number of rotatable bonds is 3. The second-order valence-electron chi connectivity index (χ2n) is 2.48. The quantitative estimate of drug-likeness (QED) is 0.686. The van der Waals surface area contributed by atoms with Crippen LogP contribution in [0.5, 0.6) is 0 Å². The van der Waals surface area contributed by atoms with Gasteiger partial charge in [0.25, 0.3) is 0 Å². The zero-order valence-corrected chi connectivity index (χ0v) is 7.42. The number of aromatic nitrogens is 1. The molecule has 3 heteroatoms. The van der Waals surface area contributed by atoms with Crippen LogP contribution in [0, 0.1) is 5.82 Å². The van der Waals surface area contributed by atoms with E-state index in [1.165, 1.54) is 6.07 Å². The molecule has 0 N–H and O–H groups in total. The summed E-state index contributed by atoms with van der Waals surface area (Å²) >= 11 is 0. The predicted octanol–water partition coefficient (Wildman–Crippen LogP) is 2.07. The molecule has 0 atom stereocenters. The lowest BCUT2D eigenvalue weighted by molar-refractivity contribution is 0.612. The molecule has 0 saturated carbocycles. The Balaban J connectivity index is 2.92. The first-order valence-corrected chi connectivity index (χ1v) is 4.15. The average molecular weight is 168 g/mol. The van der Waals surface area contributed by atoms with Gasteiger partial charge in [-0.15, -0.1) is 0 Å². The lowest BCUT2D eigenvalue weighted by Crippen LogP contribution is -2.23. The monoisotopic (exact) mass is 168 g/mol. The maximum absolute atomic E-state index is 13.1. The van der Waals surface area contributed by atoms with Crippen molar-refractivity contribution >= 4 is 5.82 Å². The number of nitrogens with zero attached hydrogens (tertiary/aromatic N) is 2. The Kier molecular flexibility index (Phi) is 3.02. The molecule has 0 aliphatic carbocycles. The topological polar surface area (TPSA) is 16.1 Å². The van der Waals surface area contributed by atoms with E-state index >= 15 is 0 Å². The Hall–Kier alpha value is -1.12. The third-order valence-electron chi connectivity index (χ3n) is 1.80. The second-order valence-corrected chi connectivity index (χ2v) is 2.48. The van der Waals surface area contributed by atoms with Gasteiger partial charge in [0.1, 0.15) is 0 Å². The summed E-state index contributed by atoms with van der Waals surface area (Å²) in [4.78, 5) is 5.86. The molecule has 0 fully saturated rings. The lowest BCUT2D eigenvalue weighted by Gasteiger charge is -2.19. The number of hydrogen-bond donors (Lipinski definition) is 0. The van der Waals surface area contributed by atoms with Crippen LogP contribution in [-0.2, 0) is 0 Å². The molecule has 0 radical (unpaired) electrons. The van der Waals surface area contributed by atoms with E-state index < -0.39 is 0 Å². The van der Waals surface area contributed by atoms with Gasteiger partial charge in [0.05, 0.1) is 0 Å². The van der Waals surface area contributed by atoms with Crippen LogP contribution in [0.15, 0.2) is 18.3 Å². The Morgan fingerprint density at radius 1 is 1.42 bits per heavy atom. The average Bonchev–Trinajstić information content (AvgIpc) is 2.10. The van der Waals surface area contributed by atoms with E-state index in [9.17, 15) is 4.39 Å². The summed E-state index contributed by atoms with van der Waals surface area (Å²) in [5, 5.41) is 0. The Morgan fingerprint density at radius 3 is 2.58 bits per heavy atom. The summed E-state index contributed by atoms with van der Waals surface area (Å²) in [6.07, 6.45) is 1.61. The van der Waals surface area contributed by atoms with E-state index in [-0.39, 0.29) is 5.82 Å². The summed E-state index contributed by atoms with van der Waals surface area (Å²) in [5.74, 6) is 0.198. The summed E-state index contributed by atoms with van der Waals surface area (Å²) in [6, 6.07) is 3.03. The van der Waals surface area contributed by atoms with Crippen molar-refractivity contribution in [3.63, 3.8) is 0 Å². The first-order chi connectivity index (χ1) is 5.79. The van der Waals surface area contributed by atoms with Crippen molar-refractivity contribution in [1.29, 1.82) is 0 Å². The van der Waals surface area contributed by atoms with Gasteiger partial charge in [-0.05, 0) is 26.0 Å². The van der Waals surface area contributed by atoms with Crippen molar-refractivity contribution in [1.82, 2.24) is 4.98 Å². The van der Waals surface area contributed by atoms with Gasteiger partial charge in [-0.1, -0.05) is 0 Å².